The molecule has 2 aliphatic rings. The van der Waals surface area contributed by atoms with Crippen LogP contribution in [-0.4, -0.2) is 23.9 Å². The summed E-state index contributed by atoms with van der Waals surface area (Å²) in [5.74, 6) is 0.252. The number of hydrogen-bond donors (Lipinski definition) is 0. The van der Waals surface area contributed by atoms with Crippen molar-refractivity contribution in [3.8, 4) is 0 Å². The second-order valence-electron chi connectivity index (χ2n) is 8.03. The summed E-state index contributed by atoms with van der Waals surface area (Å²) in [6.45, 7) is 1.68. The molecule has 1 saturated heterocycles. The van der Waals surface area contributed by atoms with Gasteiger partial charge in [-0.15, -0.1) is 11.8 Å². The first kappa shape index (κ1) is 18.5. The van der Waals surface area contributed by atoms with E-state index in [1.54, 1.807) is 0 Å². The topological polar surface area (TPSA) is 20.3 Å². The normalized spacial score (nSPS) is 19.9. The van der Waals surface area contributed by atoms with Crippen LogP contribution < -0.4 is 0 Å². The number of thioether (sulfide) groups is 1. The molecule has 0 saturated carbocycles. The lowest BCUT2D eigenvalue weighted by Gasteiger charge is -2.40. The molecular formula is C26H25NOS. The summed E-state index contributed by atoms with van der Waals surface area (Å²) in [5, 5.41) is 0.388. The van der Waals surface area contributed by atoms with E-state index >= 15 is 0 Å². The maximum Gasteiger partial charge on any atom is 0.226 e. The van der Waals surface area contributed by atoms with Crippen LogP contribution in [-0.2, 0) is 16.0 Å². The van der Waals surface area contributed by atoms with E-state index < -0.39 is 0 Å². The molecule has 2 aliphatic heterocycles. The predicted molar refractivity (Wildman–Crippen MR) is 120 cm³/mol. The summed E-state index contributed by atoms with van der Waals surface area (Å²) >= 11 is 2.10. The van der Waals surface area contributed by atoms with Crippen LogP contribution in [0.4, 0.5) is 0 Å². The van der Waals surface area contributed by atoms with Gasteiger partial charge in [0, 0.05) is 17.8 Å². The predicted octanol–water partition coefficient (Wildman–Crippen LogP) is 5.58. The van der Waals surface area contributed by atoms with Gasteiger partial charge < -0.3 is 4.90 Å². The van der Waals surface area contributed by atoms with Crippen LogP contribution in [0, 0.1) is 0 Å². The van der Waals surface area contributed by atoms with Crippen molar-refractivity contribution in [2.45, 2.75) is 29.3 Å². The smallest absolute Gasteiger partial charge is 0.226 e. The van der Waals surface area contributed by atoms with Crippen LogP contribution in [0.1, 0.15) is 40.3 Å². The minimum Gasteiger partial charge on any atom is -0.342 e. The third-order valence-electron chi connectivity index (χ3n) is 6.30. The number of hydrogen-bond acceptors (Lipinski definition) is 2. The Bertz CT molecular complexity index is 993. The van der Waals surface area contributed by atoms with Gasteiger partial charge >= 0.3 is 0 Å². The van der Waals surface area contributed by atoms with Crippen molar-refractivity contribution >= 4 is 17.7 Å². The number of amides is 1. The summed E-state index contributed by atoms with van der Waals surface area (Å²) in [6.07, 6.45) is 2.56. The first-order chi connectivity index (χ1) is 14.3. The van der Waals surface area contributed by atoms with E-state index in [1.165, 1.54) is 16.7 Å². The summed E-state index contributed by atoms with van der Waals surface area (Å²) in [7, 11) is 0. The van der Waals surface area contributed by atoms with Gasteiger partial charge in [0.05, 0.1) is 11.7 Å². The molecule has 0 bridgehead atoms. The largest absolute Gasteiger partial charge is 0.342 e. The van der Waals surface area contributed by atoms with E-state index in [2.05, 4.69) is 71.3 Å². The molecule has 3 aromatic rings. The maximum atomic E-state index is 12.8. The average Bonchev–Trinajstić information content (AvgIpc) is 3.10. The molecule has 1 unspecified atom stereocenters. The fourth-order valence-corrected chi connectivity index (χ4v) is 6.56. The van der Waals surface area contributed by atoms with E-state index in [0.717, 1.165) is 31.5 Å². The lowest BCUT2D eigenvalue weighted by Crippen LogP contribution is -2.43. The molecule has 3 aromatic carbocycles. The van der Waals surface area contributed by atoms with Gasteiger partial charge in [0.25, 0.3) is 0 Å². The molecule has 1 atom stereocenters. The molecule has 0 aliphatic carbocycles. The van der Waals surface area contributed by atoms with Crippen molar-refractivity contribution < 1.29 is 4.79 Å². The van der Waals surface area contributed by atoms with Crippen molar-refractivity contribution in [2.75, 3.05) is 13.1 Å². The van der Waals surface area contributed by atoms with Crippen molar-refractivity contribution in [3.63, 3.8) is 0 Å². The highest BCUT2D eigenvalue weighted by Gasteiger charge is 2.46. The molecule has 1 spiro atoms. The van der Waals surface area contributed by atoms with Crippen LogP contribution in [0.15, 0.2) is 84.9 Å². The van der Waals surface area contributed by atoms with Crippen LogP contribution in [0.25, 0.3) is 0 Å². The molecule has 0 N–H and O–H groups in total. The van der Waals surface area contributed by atoms with E-state index in [-0.39, 0.29) is 10.7 Å². The molecule has 0 aromatic heterocycles. The second-order valence-corrected chi connectivity index (χ2v) is 9.52. The Kier molecular flexibility index (Phi) is 4.92. The molecule has 2 nitrogen and oxygen atoms in total. The SMILES string of the molecule is O=C(Cc1ccccc1)N1CCC2(CC1)SC(c1ccccc1)c1ccccc12. The first-order valence-corrected chi connectivity index (χ1v) is 11.3. The summed E-state index contributed by atoms with van der Waals surface area (Å²) < 4.78 is 0.126. The van der Waals surface area contributed by atoms with Crippen molar-refractivity contribution in [1.82, 2.24) is 4.90 Å². The molecule has 5 rings (SSSR count). The number of nitrogens with zero attached hydrogens (tertiary/aromatic N) is 1. The number of rotatable bonds is 3. The van der Waals surface area contributed by atoms with Gasteiger partial charge in [0.1, 0.15) is 0 Å². The number of benzene rings is 3. The Morgan fingerprint density at radius 2 is 1.48 bits per heavy atom. The zero-order chi connectivity index (χ0) is 19.7. The number of carbonyl (C=O) groups is 1. The van der Waals surface area contributed by atoms with E-state index in [1.807, 2.05) is 30.3 Å². The maximum absolute atomic E-state index is 12.8. The third kappa shape index (κ3) is 3.49. The van der Waals surface area contributed by atoms with Gasteiger partial charge in [-0.25, -0.2) is 0 Å². The van der Waals surface area contributed by atoms with Crippen molar-refractivity contribution in [2.24, 2.45) is 0 Å². The van der Waals surface area contributed by atoms with Crippen LogP contribution in [0.2, 0.25) is 0 Å². The summed E-state index contributed by atoms with van der Waals surface area (Å²) in [4.78, 5) is 14.9. The molecule has 3 heteroatoms. The van der Waals surface area contributed by atoms with Crippen LogP contribution in [0.5, 0.6) is 0 Å². The molecule has 1 amide bonds. The molecule has 2 heterocycles. The Hall–Kier alpha value is -2.52. The Morgan fingerprint density at radius 1 is 0.862 bits per heavy atom. The Morgan fingerprint density at radius 3 is 2.21 bits per heavy atom. The fourth-order valence-electron chi connectivity index (χ4n) is 4.76. The van der Waals surface area contributed by atoms with E-state index in [9.17, 15) is 4.79 Å². The molecule has 0 radical (unpaired) electrons. The van der Waals surface area contributed by atoms with Gasteiger partial charge in [0.15, 0.2) is 0 Å². The summed E-state index contributed by atoms with van der Waals surface area (Å²) in [5.41, 5.74) is 5.41. The molecule has 146 valence electrons. The number of piperidine rings is 1. The van der Waals surface area contributed by atoms with Crippen molar-refractivity contribution in [1.29, 1.82) is 0 Å². The number of likely N-dealkylation sites (tertiary alicyclic amines) is 1. The second kappa shape index (κ2) is 7.72. The van der Waals surface area contributed by atoms with Gasteiger partial charge in [0.2, 0.25) is 5.91 Å². The molecular weight excluding hydrogens is 374 g/mol. The quantitative estimate of drug-likeness (QED) is 0.573. The minimum atomic E-state index is 0.126. The number of fused-ring (bicyclic) bond motifs is 2. The monoisotopic (exact) mass is 399 g/mol. The Balaban J connectivity index is 1.34. The standard InChI is InChI=1S/C26H25NOS/c28-24(19-20-9-3-1-4-10-20)27-17-15-26(16-18-27)23-14-8-7-13-22(23)25(29-26)21-11-5-2-6-12-21/h1-14,25H,15-19H2. The molecule has 29 heavy (non-hydrogen) atoms. The average molecular weight is 400 g/mol. The third-order valence-corrected chi connectivity index (χ3v) is 8.14. The lowest BCUT2D eigenvalue weighted by atomic mass is 9.84. The summed E-state index contributed by atoms with van der Waals surface area (Å²) in [6, 6.07) is 29.8. The highest BCUT2D eigenvalue weighted by Crippen LogP contribution is 2.61. The zero-order valence-corrected chi connectivity index (χ0v) is 17.3. The lowest BCUT2D eigenvalue weighted by molar-refractivity contribution is -0.131. The minimum absolute atomic E-state index is 0.126. The van der Waals surface area contributed by atoms with Gasteiger partial charge in [-0.3, -0.25) is 4.79 Å². The zero-order valence-electron chi connectivity index (χ0n) is 16.5. The van der Waals surface area contributed by atoms with Gasteiger partial charge in [-0.05, 0) is 35.1 Å². The van der Waals surface area contributed by atoms with Crippen molar-refractivity contribution in [3.05, 3.63) is 107 Å². The number of carbonyl (C=O) groups excluding carboxylic acids is 1. The fraction of sp³-hybridized carbons (Fsp3) is 0.269. The van der Waals surface area contributed by atoms with E-state index in [4.69, 9.17) is 0 Å². The van der Waals surface area contributed by atoms with Crippen LogP contribution >= 0.6 is 11.8 Å². The van der Waals surface area contributed by atoms with E-state index in [0.29, 0.717) is 11.7 Å². The van der Waals surface area contributed by atoms with Crippen LogP contribution in [0.3, 0.4) is 0 Å². The Labute approximate surface area is 176 Å². The first-order valence-electron chi connectivity index (χ1n) is 10.4. The highest BCUT2D eigenvalue weighted by atomic mass is 32.2. The van der Waals surface area contributed by atoms with Gasteiger partial charge in [-0.2, -0.15) is 0 Å². The highest BCUT2D eigenvalue weighted by molar-refractivity contribution is 8.01. The van der Waals surface area contributed by atoms with Gasteiger partial charge in [-0.1, -0.05) is 84.9 Å². The molecule has 1 fully saturated rings.